The molecule has 0 aliphatic heterocycles. The molecule has 0 saturated heterocycles. The molecule has 1 rings (SSSR count). The maximum Gasteiger partial charge on any atom is 0.119 e. The Morgan fingerprint density at radius 3 is 2.82 bits per heavy atom. The lowest BCUT2D eigenvalue weighted by Gasteiger charge is -2.07. The van der Waals surface area contributed by atoms with E-state index in [9.17, 15) is 0 Å². The van der Waals surface area contributed by atoms with Crippen molar-refractivity contribution in [3.05, 3.63) is 29.8 Å². The van der Waals surface area contributed by atoms with Crippen LogP contribution in [-0.2, 0) is 0 Å². The van der Waals surface area contributed by atoms with Gasteiger partial charge >= 0.3 is 0 Å². The Bertz CT molecular complexity index is 361. The topological polar surface area (TPSA) is 41.8 Å². The molecule has 0 saturated carbocycles. The lowest BCUT2D eigenvalue weighted by molar-refractivity contribution is 0.305. The molecule has 0 aromatic heterocycles. The van der Waals surface area contributed by atoms with Crippen molar-refractivity contribution in [3.8, 4) is 5.75 Å². The molecule has 17 heavy (non-hydrogen) atoms. The summed E-state index contributed by atoms with van der Waals surface area (Å²) in [6.07, 6.45) is 4.81. The first kappa shape index (κ1) is 13.6. The van der Waals surface area contributed by atoms with E-state index < -0.39 is 0 Å². The van der Waals surface area contributed by atoms with Gasteiger partial charge in [-0.1, -0.05) is 43.5 Å². The zero-order chi connectivity index (χ0) is 12.5. The molecule has 1 aromatic rings. The molecule has 0 radical (unpaired) electrons. The van der Waals surface area contributed by atoms with Gasteiger partial charge in [-0.15, -0.1) is 0 Å². The van der Waals surface area contributed by atoms with Crippen LogP contribution in [0.3, 0.4) is 0 Å². The van der Waals surface area contributed by atoms with E-state index in [4.69, 9.17) is 9.94 Å². The fourth-order valence-electron chi connectivity index (χ4n) is 1.59. The number of ether oxygens (including phenoxy) is 1. The third kappa shape index (κ3) is 4.89. The summed E-state index contributed by atoms with van der Waals surface area (Å²) >= 11 is 0. The highest BCUT2D eigenvalue weighted by Gasteiger charge is 2.00. The summed E-state index contributed by atoms with van der Waals surface area (Å²) in [6, 6.07) is 7.63. The Hall–Kier alpha value is -1.51. The van der Waals surface area contributed by atoms with Crippen LogP contribution in [0.25, 0.3) is 0 Å². The van der Waals surface area contributed by atoms with Crippen molar-refractivity contribution in [3.63, 3.8) is 0 Å². The summed E-state index contributed by atoms with van der Waals surface area (Å²) in [5.41, 5.74) is 1.49. The van der Waals surface area contributed by atoms with Crippen LogP contribution in [0.5, 0.6) is 5.75 Å². The molecule has 0 unspecified atom stereocenters. The molecule has 0 aliphatic rings. The van der Waals surface area contributed by atoms with Crippen LogP contribution in [0.1, 0.15) is 45.1 Å². The Kier molecular flexibility index (Phi) is 6.15. The van der Waals surface area contributed by atoms with Crippen LogP contribution in [-0.4, -0.2) is 17.5 Å². The average Bonchev–Trinajstić information content (AvgIpc) is 2.38. The highest BCUT2D eigenvalue weighted by atomic mass is 16.5. The lowest BCUT2D eigenvalue weighted by atomic mass is 10.1. The van der Waals surface area contributed by atoms with Gasteiger partial charge < -0.3 is 9.94 Å². The maximum absolute atomic E-state index is 8.70. The number of nitrogens with zero attached hydrogens (tertiary/aromatic N) is 1. The van der Waals surface area contributed by atoms with Crippen LogP contribution in [0.4, 0.5) is 0 Å². The van der Waals surface area contributed by atoms with Crippen molar-refractivity contribution in [1.82, 2.24) is 0 Å². The van der Waals surface area contributed by atoms with E-state index in [1.807, 2.05) is 24.3 Å². The second kappa shape index (κ2) is 7.71. The molecule has 94 valence electrons. The molecule has 0 spiro atoms. The quantitative estimate of drug-likeness (QED) is 0.337. The molecule has 1 N–H and O–H groups in total. The first-order valence-electron chi connectivity index (χ1n) is 6.19. The predicted octanol–water partition coefficient (Wildman–Crippen LogP) is 3.84. The standard InChI is InChI=1S/C14H21NO2/c1-3-4-5-6-10-17-14-9-7-8-13(11-14)12(2)15-16/h7-9,11,16H,3-6,10H2,1-2H3/b15-12+. The molecular weight excluding hydrogens is 214 g/mol. The van der Waals surface area contributed by atoms with E-state index in [2.05, 4.69) is 12.1 Å². The third-order valence-corrected chi connectivity index (χ3v) is 2.67. The fraction of sp³-hybridized carbons (Fsp3) is 0.500. The van der Waals surface area contributed by atoms with Gasteiger partial charge in [-0.25, -0.2) is 0 Å². The zero-order valence-electron chi connectivity index (χ0n) is 10.6. The summed E-state index contributed by atoms with van der Waals surface area (Å²) < 4.78 is 5.65. The van der Waals surface area contributed by atoms with Crippen molar-refractivity contribution >= 4 is 5.71 Å². The largest absolute Gasteiger partial charge is 0.494 e. The van der Waals surface area contributed by atoms with E-state index in [-0.39, 0.29) is 0 Å². The van der Waals surface area contributed by atoms with Gasteiger partial charge in [0.05, 0.1) is 12.3 Å². The molecule has 1 aromatic carbocycles. The van der Waals surface area contributed by atoms with E-state index in [1.165, 1.54) is 19.3 Å². The van der Waals surface area contributed by atoms with E-state index in [1.54, 1.807) is 6.92 Å². The minimum absolute atomic E-state index is 0.599. The van der Waals surface area contributed by atoms with Crippen LogP contribution in [0, 0.1) is 0 Å². The van der Waals surface area contributed by atoms with Gasteiger partial charge in [-0.3, -0.25) is 0 Å². The van der Waals surface area contributed by atoms with Crippen LogP contribution >= 0.6 is 0 Å². The molecule has 0 bridgehead atoms. The van der Waals surface area contributed by atoms with Crippen LogP contribution in [0.15, 0.2) is 29.4 Å². The smallest absolute Gasteiger partial charge is 0.119 e. The average molecular weight is 235 g/mol. The zero-order valence-corrected chi connectivity index (χ0v) is 10.6. The highest BCUT2D eigenvalue weighted by Crippen LogP contribution is 2.14. The van der Waals surface area contributed by atoms with Gasteiger partial charge in [-0.05, 0) is 25.5 Å². The SMILES string of the molecule is CCCCCCOc1cccc(/C(C)=N/O)c1. The highest BCUT2D eigenvalue weighted by molar-refractivity contribution is 5.98. The molecule has 0 atom stereocenters. The number of unbranched alkanes of at least 4 members (excludes halogenated alkanes) is 3. The molecule has 0 amide bonds. The van der Waals surface area contributed by atoms with Crippen LogP contribution < -0.4 is 4.74 Å². The fourth-order valence-corrected chi connectivity index (χ4v) is 1.59. The minimum atomic E-state index is 0.599. The van der Waals surface area contributed by atoms with Crippen molar-refractivity contribution in [2.45, 2.75) is 39.5 Å². The number of oxime groups is 1. The maximum atomic E-state index is 8.70. The summed E-state index contributed by atoms with van der Waals surface area (Å²) in [5, 5.41) is 11.9. The summed E-state index contributed by atoms with van der Waals surface area (Å²) in [7, 11) is 0. The number of benzene rings is 1. The second-order valence-electron chi connectivity index (χ2n) is 4.12. The lowest BCUT2D eigenvalue weighted by Crippen LogP contribution is -1.99. The molecule has 3 heteroatoms. The van der Waals surface area contributed by atoms with E-state index in [0.717, 1.165) is 24.3 Å². The first-order valence-corrected chi connectivity index (χ1v) is 6.19. The van der Waals surface area contributed by atoms with Gasteiger partial charge in [0.25, 0.3) is 0 Å². The number of hydrogen-bond donors (Lipinski definition) is 1. The normalized spacial score (nSPS) is 11.5. The van der Waals surface area contributed by atoms with Gasteiger partial charge in [0, 0.05) is 5.56 Å². The van der Waals surface area contributed by atoms with Crippen molar-refractivity contribution in [2.75, 3.05) is 6.61 Å². The van der Waals surface area contributed by atoms with Crippen molar-refractivity contribution in [1.29, 1.82) is 0 Å². The third-order valence-electron chi connectivity index (χ3n) is 2.67. The van der Waals surface area contributed by atoms with E-state index in [0.29, 0.717) is 5.71 Å². The Morgan fingerprint density at radius 2 is 2.12 bits per heavy atom. The number of rotatable bonds is 7. The van der Waals surface area contributed by atoms with Crippen LogP contribution in [0.2, 0.25) is 0 Å². The van der Waals surface area contributed by atoms with Crippen molar-refractivity contribution in [2.24, 2.45) is 5.16 Å². The van der Waals surface area contributed by atoms with Gasteiger partial charge in [0.2, 0.25) is 0 Å². The molecule has 0 fully saturated rings. The molecule has 0 heterocycles. The van der Waals surface area contributed by atoms with Gasteiger partial charge in [-0.2, -0.15) is 0 Å². The monoisotopic (exact) mass is 235 g/mol. The Morgan fingerprint density at radius 1 is 1.29 bits per heavy atom. The first-order chi connectivity index (χ1) is 8.27. The second-order valence-corrected chi connectivity index (χ2v) is 4.12. The Labute approximate surface area is 103 Å². The van der Waals surface area contributed by atoms with E-state index >= 15 is 0 Å². The van der Waals surface area contributed by atoms with Crippen molar-refractivity contribution < 1.29 is 9.94 Å². The molecular formula is C14H21NO2. The summed E-state index contributed by atoms with van der Waals surface area (Å²) in [6.45, 7) is 4.71. The summed E-state index contributed by atoms with van der Waals surface area (Å²) in [4.78, 5) is 0. The Balaban J connectivity index is 2.43. The predicted molar refractivity (Wildman–Crippen MR) is 70.1 cm³/mol. The van der Waals surface area contributed by atoms with Gasteiger partial charge in [0.1, 0.15) is 5.75 Å². The van der Waals surface area contributed by atoms with Gasteiger partial charge in [0.15, 0.2) is 0 Å². The molecule has 3 nitrogen and oxygen atoms in total. The number of hydrogen-bond acceptors (Lipinski definition) is 3. The molecule has 0 aliphatic carbocycles. The summed E-state index contributed by atoms with van der Waals surface area (Å²) in [5.74, 6) is 0.835. The minimum Gasteiger partial charge on any atom is -0.494 e.